The molecule has 3 rings (SSSR count). The first-order valence-corrected chi connectivity index (χ1v) is 9.67. The Kier molecular flexibility index (Phi) is 6.88. The van der Waals surface area contributed by atoms with E-state index in [1.54, 1.807) is 42.5 Å². The number of hydrogen-bond donors (Lipinski definition) is 1. The second kappa shape index (κ2) is 9.59. The molecule has 0 aromatic heterocycles. The van der Waals surface area contributed by atoms with E-state index in [-0.39, 0.29) is 17.3 Å². The van der Waals surface area contributed by atoms with Gasteiger partial charge in [-0.25, -0.2) is 4.79 Å². The van der Waals surface area contributed by atoms with Crippen molar-refractivity contribution in [2.75, 3.05) is 25.7 Å². The van der Waals surface area contributed by atoms with Crippen molar-refractivity contribution in [1.29, 1.82) is 0 Å². The Morgan fingerprint density at radius 1 is 1.13 bits per heavy atom. The van der Waals surface area contributed by atoms with Crippen molar-refractivity contribution < 1.29 is 28.6 Å². The van der Waals surface area contributed by atoms with Crippen LogP contribution in [-0.2, 0) is 19.1 Å². The van der Waals surface area contributed by atoms with Gasteiger partial charge in [0.2, 0.25) is 0 Å². The van der Waals surface area contributed by atoms with E-state index in [1.807, 2.05) is 0 Å². The van der Waals surface area contributed by atoms with Crippen LogP contribution in [-0.4, -0.2) is 43.7 Å². The maximum absolute atomic E-state index is 13.0. The zero-order valence-corrected chi connectivity index (χ0v) is 18.1. The SMILES string of the molecule is COC(=O)COc1ccc(/C=C2\C(=O)NC(=S)N(c3ccc(Cl)cc3)C2=O)cc1OC. The fourth-order valence-corrected chi connectivity index (χ4v) is 3.14. The number of ether oxygens (including phenoxy) is 3. The lowest BCUT2D eigenvalue weighted by molar-refractivity contribution is -0.143. The molecule has 2 aromatic carbocycles. The van der Waals surface area contributed by atoms with Gasteiger partial charge in [0.05, 0.1) is 19.9 Å². The molecule has 0 radical (unpaired) electrons. The van der Waals surface area contributed by atoms with E-state index in [0.717, 1.165) is 0 Å². The van der Waals surface area contributed by atoms with E-state index in [4.69, 9.17) is 33.3 Å². The molecule has 1 heterocycles. The van der Waals surface area contributed by atoms with Crippen LogP contribution < -0.4 is 19.7 Å². The highest BCUT2D eigenvalue weighted by atomic mass is 35.5. The van der Waals surface area contributed by atoms with Crippen LogP contribution in [0.15, 0.2) is 48.0 Å². The van der Waals surface area contributed by atoms with Gasteiger partial charge >= 0.3 is 5.97 Å². The lowest BCUT2D eigenvalue weighted by Gasteiger charge is -2.29. The van der Waals surface area contributed by atoms with Gasteiger partial charge in [-0.3, -0.25) is 19.8 Å². The summed E-state index contributed by atoms with van der Waals surface area (Å²) in [6, 6.07) is 11.2. The van der Waals surface area contributed by atoms with Crippen molar-refractivity contribution >= 4 is 58.5 Å². The number of nitrogens with one attached hydrogen (secondary N) is 1. The van der Waals surface area contributed by atoms with Gasteiger partial charge in [-0.05, 0) is 60.3 Å². The molecule has 1 aliphatic rings. The van der Waals surface area contributed by atoms with Gasteiger partial charge in [0.1, 0.15) is 5.57 Å². The van der Waals surface area contributed by atoms with Crippen LogP contribution in [0.5, 0.6) is 11.5 Å². The Hall–Kier alpha value is -3.43. The predicted molar refractivity (Wildman–Crippen MR) is 118 cm³/mol. The maximum Gasteiger partial charge on any atom is 0.343 e. The molecule has 0 spiro atoms. The third-order valence-electron chi connectivity index (χ3n) is 4.26. The van der Waals surface area contributed by atoms with Crippen molar-refractivity contribution in [3.63, 3.8) is 0 Å². The van der Waals surface area contributed by atoms with E-state index < -0.39 is 17.8 Å². The van der Waals surface area contributed by atoms with E-state index in [9.17, 15) is 14.4 Å². The van der Waals surface area contributed by atoms with Crippen molar-refractivity contribution in [3.05, 3.63) is 58.6 Å². The number of carbonyl (C=O) groups excluding carboxylic acids is 3. The summed E-state index contributed by atoms with van der Waals surface area (Å²) in [6.07, 6.45) is 1.41. The van der Waals surface area contributed by atoms with Crippen molar-refractivity contribution in [2.24, 2.45) is 0 Å². The number of nitrogens with zero attached hydrogens (tertiary/aromatic N) is 1. The lowest BCUT2D eigenvalue weighted by atomic mass is 10.1. The number of benzene rings is 2. The molecular formula is C21H17ClN2O6S. The number of carbonyl (C=O) groups is 3. The van der Waals surface area contributed by atoms with Crippen LogP contribution in [0, 0.1) is 0 Å². The zero-order valence-electron chi connectivity index (χ0n) is 16.5. The second-order valence-corrected chi connectivity index (χ2v) is 7.03. The molecule has 0 unspecified atom stereocenters. The highest BCUT2D eigenvalue weighted by molar-refractivity contribution is 7.80. The number of amides is 2. The van der Waals surface area contributed by atoms with Crippen molar-refractivity contribution in [3.8, 4) is 11.5 Å². The van der Waals surface area contributed by atoms with E-state index in [1.165, 1.54) is 25.2 Å². The van der Waals surface area contributed by atoms with Crippen LogP contribution in [0.4, 0.5) is 5.69 Å². The van der Waals surface area contributed by atoms with Gasteiger partial charge in [0.25, 0.3) is 11.8 Å². The smallest absolute Gasteiger partial charge is 0.343 e. The number of esters is 1. The van der Waals surface area contributed by atoms with Gasteiger partial charge in [-0.15, -0.1) is 0 Å². The Labute approximate surface area is 188 Å². The Morgan fingerprint density at radius 3 is 2.48 bits per heavy atom. The fourth-order valence-electron chi connectivity index (χ4n) is 2.74. The van der Waals surface area contributed by atoms with Gasteiger partial charge < -0.3 is 14.2 Å². The number of methoxy groups -OCH3 is 2. The number of rotatable bonds is 6. The van der Waals surface area contributed by atoms with E-state index in [0.29, 0.717) is 27.8 Å². The third kappa shape index (κ3) is 5.01. The van der Waals surface area contributed by atoms with Crippen molar-refractivity contribution in [2.45, 2.75) is 0 Å². The minimum absolute atomic E-state index is 0.0291. The predicted octanol–water partition coefficient (Wildman–Crippen LogP) is 2.73. The largest absolute Gasteiger partial charge is 0.493 e. The fraction of sp³-hybridized carbons (Fsp3) is 0.143. The summed E-state index contributed by atoms with van der Waals surface area (Å²) >= 11 is 11.1. The van der Waals surface area contributed by atoms with Crippen LogP contribution in [0.25, 0.3) is 6.08 Å². The Bertz CT molecular complexity index is 1080. The Morgan fingerprint density at radius 2 is 1.84 bits per heavy atom. The highest BCUT2D eigenvalue weighted by Gasteiger charge is 2.34. The molecule has 2 amide bonds. The average Bonchev–Trinajstić information content (AvgIpc) is 2.76. The van der Waals surface area contributed by atoms with Crippen LogP contribution in [0.1, 0.15) is 5.56 Å². The molecule has 0 bridgehead atoms. The third-order valence-corrected chi connectivity index (χ3v) is 4.79. The molecule has 0 saturated carbocycles. The molecule has 1 fully saturated rings. The van der Waals surface area contributed by atoms with Crippen LogP contribution in [0.2, 0.25) is 5.02 Å². The number of halogens is 1. The summed E-state index contributed by atoms with van der Waals surface area (Å²) < 4.78 is 15.2. The number of hydrogen-bond acceptors (Lipinski definition) is 7. The first kappa shape index (κ1) is 22.3. The first-order valence-electron chi connectivity index (χ1n) is 8.88. The molecule has 2 aromatic rings. The van der Waals surface area contributed by atoms with Gasteiger partial charge in [-0.1, -0.05) is 17.7 Å². The van der Waals surface area contributed by atoms with Crippen LogP contribution in [0.3, 0.4) is 0 Å². The summed E-state index contributed by atoms with van der Waals surface area (Å²) in [7, 11) is 2.68. The normalized spacial score (nSPS) is 15.0. The number of anilines is 1. The summed E-state index contributed by atoms with van der Waals surface area (Å²) in [6.45, 7) is -0.290. The molecule has 8 nitrogen and oxygen atoms in total. The van der Waals surface area contributed by atoms with Crippen molar-refractivity contribution in [1.82, 2.24) is 5.32 Å². The average molecular weight is 461 g/mol. The molecule has 160 valence electrons. The minimum Gasteiger partial charge on any atom is -0.493 e. The molecule has 1 aliphatic heterocycles. The van der Waals surface area contributed by atoms with Gasteiger partial charge in [0, 0.05) is 5.02 Å². The summed E-state index contributed by atoms with van der Waals surface area (Å²) in [4.78, 5) is 38.0. The van der Waals surface area contributed by atoms with Gasteiger partial charge in [0.15, 0.2) is 23.2 Å². The Balaban J connectivity index is 1.91. The molecule has 10 heteroatoms. The monoisotopic (exact) mass is 460 g/mol. The summed E-state index contributed by atoms with van der Waals surface area (Å²) in [5.74, 6) is -1.13. The minimum atomic E-state index is -0.620. The quantitative estimate of drug-likeness (QED) is 0.306. The van der Waals surface area contributed by atoms with Gasteiger partial charge in [-0.2, -0.15) is 0 Å². The number of thiocarbonyl (C=S) groups is 1. The molecule has 0 aliphatic carbocycles. The molecule has 31 heavy (non-hydrogen) atoms. The molecular weight excluding hydrogens is 444 g/mol. The first-order chi connectivity index (χ1) is 14.8. The zero-order chi connectivity index (χ0) is 22.5. The molecule has 0 atom stereocenters. The van der Waals surface area contributed by atoms with Crippen LogP contribution >= 0.6 is 23.8 Å². The summed E-state index contributed by atoms with van der Waals surface area (Å²) in [5.41, 5.74) is 0.855. The molecule has 1 N–H and O–H groups in total. The maximum atomic E-state index is 13.0. The summed E-state index contributed by atoms with van der Waals surface area (Å²) in [5, 5.41) is 2.98. The molecule has 1 saturated heterocycles. The van der Waals surface area contributed by atoms with E-state index >= 15 is 0 Å². The standard InChI is InChI=1S/C21H17ClN2O6S/c1-28-17-10-12(3-8-16(17)30-11-18(25)29-2)9-15-19(26)23-21(31)24(20(15)27)14-6-4-13(22)5-7-14/h3-10H,11H2,1-2H3,(H,23,26,31)/b15-9+. The second-order valence-electron chi connectivity index (χ2n) is 6.21. The van der Waals surface area contributed by atoms with E-state index in [2.05, 4.69) is 10.1 Å². The lowest BCUT2D eigenvalue weighted by Crippen LogP contribution is -2.54. The topological polar surface area (TPSA) is 94.2 Å². The highest BCUT2D eigenvalue weighted by Crippen LogP contribution is 2.30.